The Morgan fingerprint density at radius 3 is 2.46 bits per heavy atom. The lowest BCUT2D eigenvalue weighted by atomic mass is 9.97. The van der Waals surface area contributed by atoms with Gasteiger partial charge in [-0.15, -0.1) is 0 Å². The van der Waals surface area contributed by atoms with Crippen molar-refractivity contribution in [3.8, 4) is 0 Å². The van der Waals surface area contributed by atoms with Gasteiger partial charge in [-0.2, -0.15) is 0 Å². The zero-order valence-corrected chi connectivity index (χ0v) is 14.7. The minimum Gasteiger partial charge on any atom is -0.322 e. The Morgan fingerprint density at radius 2 is 1.79 bits per heavy atom. The van der Waals surface area contributed by atoms with Crippen LogP contribution in [0.4, 0.5) is 11.4 Å². The molecule has 2 amide bonds. The minimum atomic E-state index is -0.131. The fourth-order valence-corrected chi connectivity index (χ4v) is 2.53. The van der Waals surface area contributed by atoms with Crippen molar-refractivity contribution >= 4 is 23.2 Å². The highest BCUT2D eigenvalue weighted by Gasteiger charge is 2.13. The molecule has 0 bridgehead atoms. The van der Waals surface area contributed by atoms with Crippen LogP contribution in [-0.2, 0) is 11.2 Å². The molecule has 0 unspecified atom stereocenters. The molecule has 0 saturated heterocycles. The summed E-state index contributed by atoms with van der Waals surface area (Å²) >= 11 is 0. The summed E-state index contributed by atoms with van der Waals surface area (Å²) in [5.41, 5.74) is 3.15. The number of nitrogens with one attached hydrogen (secondary N) is 1. The van der Waals surface area contributed by atoms with Gasteiger partial charge in [0.05, 0.1) is 0 Å². The molecule has 0 aromatic heterocycles. The Bertz CT molecular complexity index is 738. The van der Waals surface area contributed by atoms with Crippen molar-refractivity contribution in [3.05, 3.63) is 59.7 Å². The Balaban J connectivity index is 2.22. The number of rotatable bonds is 5. The van der Waals surface area contributed by atoms with Crippen molar-refractivity contribution < 1.29 is 9.59 Å². The number of nitrogens with zero attached hydrogens (tertiary/aromatic N) is 1. The van der Waals surface area contributed by atoms with E-state index in [-0.39, 0.29) is 11.8 Å². The average molecular weight is 324 g/mol. The molecule has 0 heterocycles. The van der Waals surface area contributed by atoms with Crippen LogP contribution in [0.25, 0.3) is 0 Å². The van der Waals surface area contributed by atoms with E-state index in [0.717, 1.165) is 17.7 Å². The highest BCUT2D eigenvalue weighted by atomic mass is 16.2. The molecule has 0 aliphatic carbocycles. The quantitative estimate of drug-likeness (QED) is 0.899. The van der Waals surface area contributed by atoms with Crippen LogP contribution in [0.2, 0.25) is 0 Å². The van der Waals surface area contributed by atoms with Crippen LogP contribution in [0, 0.1) is 5.92 Å². The van der Waals surface area contributed by atoms with Crippen molar-refractivity contribution in [2.45, 2.75) is 27.2 Å². The molecule has 0 aliphatic heterocycles. The molecule has 0 radical (unpaired) electrons. The predicted octanol–water partition coefficient (Wildman–Crippen LogP) is 4.12. The number of benzene rings is 2. The van der Waals surface area contributed by atoms with Crippen LogP contribution in [0.5, 0.6) is 0 Å². The van der Waals surface area contributed by atoms with Gasteiger partial charge < -0.3 is 10.2 Å². The second kappa shape index (κ2) is 7.77. The molecule has 0 atom stereocenters. The normalized spacial score (nSPS) is 10.5. The van der Waals surface area contributed by atoms with E-state index in [0.29, 0.717) is 17.2 Å². The third-order valence-electron chi connectivity index (χ3n) is 3.85. The van der Waals surface area contributed by atoms with Gasteiger partial charge in [0.2, 0.25) is 5.91 Å². The van der Waals surface area contributed by atoms with Crippen LogP contribution < -0.4 is 10.2 Å². The van der Waals surface area contributed by atoms with Gasteiger partial charge in [0.1, 0.15) is 0 Å². The lowest BCUT2D eigenvalue weighted by Gasteiger charge is -2.16. The van der Waals surface area contributed by atoms with Gasteiger partial charge in [-0.3, -0.25) is 9.59 Å². The molecule has 0 fully saturated rings. The van der Waals surface area contributed by atoms with E-state index in [1.165, 1.54) is 6.92 Å². The first-order valence-corrected chi connectivity index (χ1v) is 8.12. The summed E-state index contributed by atoms with van der Waals surface area (Å²) in [7, 11) is 1.71. The van der Waals surface area contributed by atoms with Gasteiger partial charge in [0, 0.05) is 30.9 Å². The lowest BCUT2D eigenvalue weighted by Crippen LogP contribution is -2.23. The molecule has 1 N–H and O–H groups in total. The molecular weight excluding hydrogens is 300 g/mol. The first kappa shape index (κ1) is 17.7. The van der Waals surface area contributed by atoms with Crippen molar-refractivity contribution in [1.29, 1.82) is 0 Å². The molecule has 0 aliphatic rings. The molecule has 2 rings (SSSR count). The Labute approximate surface area is 143 Å². The average Bonchev–Trinajstić information content (AvgIpc) is 2.54. The molecule has 2 aromatic rings. The lowest BCUT2D eigenvalue weighted by molar-refractivity contribution is -0.116. The van der Waals surface area contributed by atoms with Crippen LogP contribution >= 0.6 is 0 Å². The van der Waals surface area contributed by atoms with E-state index in [2.05, 4.69) is 19.2 Å². The summed E-state index contributed by atoms with van der Waals surface area (Å²) in [6.07, 6.45) is 0.858. The van der Waals surface area contributed by atoms with E-state index in [1.807, 2.05) is 42.5 Å². The Kier molecular flexibility index (Phi) is 5.74. The fourth-order valence-electron chi connectivity index (χ4n) is 2.53. The van der Waals surface area contributed by atoms with Crippen LogP contribution in [0.1, 0.15) is 36.7 Å². The highest BCUT2D eigenvalue weighted by molar-refractivity contribution is 6.05. The molecule has 2 aromatic carbocycles. The standard InChI is InChI=1S/C20H24N2O2/c1-14(2)12-16-8-5-6-11-19(16)20(24)21-17-9-7-10-18(13-17)22(4)15(3)23/h5-11,13-14H,12H2,1-4H3,(H,21,24). The smallest absolute Gasteiger partial charge is 0.255 e. The molecular formula is C20H24N2O2. The second-order valence-electron chi connectivity index (χ2n) is 6.34. The first-order chi connectivity index (χ1) is 11.4. The van der Waals surface area contributed by atoms with Crippen LogP contribution in [-0.4, -0.2) is 18.9 Å². The summed E-state index contributed by atoms with van der Waals surface area (Å²) in [5, 5.41) is 2.93. The maximum Gasteiger partial charge on any atom is 0.255 e. The first-order valence-electron chi connectivity index (χ1n) is 8.12. The SMILES string of the molecule is CC(=O)N(C)c1cccc(NC(=O)c2ccccc2CC(C)C)c1. The predicted molar refractivity (Wildman–Crippen MR) is 98.5 cm³/mol. The maximum atomic E-state index is 12.6. The van der Waals surface area contributed by atoms with Gasteiger partial charge in [-0.05, 0) is 42.2 Å². The van der Waals surface area contributed by atoms with Crippen molar-refractivity contribution in [2.75, 3.05) is 17.3 Å². The number of hydrogen-bond donors (Lipinski definition) is 1. The van der Waals surface area contributed by atoms with Gasteiger partial charge >= 0.3 is 0 Å². The van der Waals surface area contributed by atoms with Crippen molar-refractivity contribution in [1.82, 2.24) is 0 Å². The summed E-state index contributed by atoms with van der Waals surface area (Å²) < 4.78 is 0. The molecule has 0 spiro atoms. The zero-order valence-electron chi connectivity index (χ0n) is 14.7. The van der Waals surface area contributed by atoms with E-state index in [9.17, 15) is 9.59 Å². The second-order valence-corrected chi connectivity index (χ2v) is 6.34. The van der Waals surface area contributed by atoms with E-state index in [4.69, 9.17) is 0 Å². The van der Waals surface area contributed by atoms with Crippen LogP contribution in [0.15, 0.2) is 48.5 Å². The van der Waals surface area contributed by atoms with Gasteiger partial charge in [0.25, 0.3) is 5.91 Å². The molecule has 0 saturated carbocycles. The fraction of sp³-hybridized carbons (Fsp3) is 0.300. The summed E-state index contributed by atoms with van der Waals surface area (Å²) in [6.45, 7) is 5.78. The third kappa shape index (κ3) is 4.44. The Morgan fingerprint density at radius 1 is 1.08 bits per heavy atom. The van der Waals surface area contributed by atoms with E-state index >= 15 is 0 Å². The zero-order chi connectivity index (χ0) is 17.7. The number of hydrogen-bond acceptors (Lipinski definition) is 2. The topological polar surface area (TPSA) is 49.4 Å². The molecule has 24 heavy (non-hydrogen) atoms. The van der Waals surface area contributed by atoms with Crippen molar-refractivity contribution in [3.63, 3.8) is 0 Å². The van der Waals surface area contributed by atoms with Crippen molar-refractivity contribution in [2.24, 2.45) is 5.92 Å². The monoisotopic (exact) mass is 324 g/mol. The van der Waals surface area contributed by atoms with Gasteiger partial charge in [-0.1, -0.05) is 38.1 Å². The molecule has 4 heteroatoms. The maximum absolute atomic E-state index is 12.6. The Hall–Kier alpha value is -2.62. The van der Waals surface area contributed by atoms with Gasteiger partial charge in [0.15, 0.2) is 0 Å². The summed E-state index contributed by atoms with van der Waals surface area (Å²) in [4.78, 5) is 25.7. The van der Waals surface area contributed by atoms with Gasteiger partial charge in [-0.25, -0.2) is 0 Å². The van der Waals surface area contributed by atoms with Crippen LogP contribution in [0.3, 0.4) is 0 Å². The highest BCUT2D eigenvalue weighted by Crippen LogP contribution is 2.20. The third-order valence-corrected chi connectivity index (χ3v) is 3.85. The minimum absolute atomic E-state index is 0.0549. The summed E-state index contributed by atoms with van der Waals surface area (Å²) in [5.74, 6) is 0.293. The van der Waals surface area contributed by atoms with E-state index in [1.54, 1.807) is 18.0 Å². The summed E-state index contributed by atoms with van der Waals surface area (Å²) in [6, 6.07) is 14.9. The number of carbonyl (C=O) groups excluding carboxylic acids is 2. The number of amides is 2. The largest absolute Gasteiger partial charge is 0.322 e. The van der Waals surface area contributed by atoms with E-state index < -0.39 is 0 Å². The molecule has 4 nitrogen and oxygen atoms in total. The number of carbonyl (C=O) groups is 2. The number of anilines is 2. The molecule has 126 valence electrons.